The van der Waals surface area contributed by atoms with E-state index in [0.717, 1.165) is 43.8 Å². The van der Waals surface area contributed by atoms with Gasteiger partial charge in [0.15, 0.2) is 0 Å². The highest BCUT2D eigenvalue weighted by atomic mass is 32.1. The van der Waals surface area contributed by atoms with Gasteiger partial charge in [0.1, 0.15) is 0 Å². The van der Waals surface area contributed by atoms with Crippen molar-refractivity contribution in [3.63, 3.8) is 0 Å². The first kappa shape index (κ1) is 16.0. The average molecular weight is 323 g/mol. The van der Waals surface area contributed by atoms with Gasteiger partial charge in [-0.3, -0.25) is 4.79 Å². The summed E-state index contributed by atoms with van der Waals surface area (Å²) >= 11 is 1.60. The lowest BCUT2D eigenvalue weighted by molar-refractivity contribution is -0.0406. The fourth-order valence-corrected chi connectivity index (χ4v) is 4.45. The molecule has 5 heteroatoms. The van der Waals surface area contributed by atoms with Crippen LogP contribution in [0, 0.1) is 13.8 Å². The summed E-state index contributed by atoms with van der Waals surface area (Å²) in [6.07, 6.45) is 3.05. The molecule has 0 aromatic carbocycles. The van der Waals surface area contributed by atoms with Crippen molar-refractivity contribution in [2.45, 2.75) is 51.7 Å². The fraction of sp³-hybridized carbons (Fsp3) is 0.706. The van der Waals surface area contributed by atoms with Crippen LogP contribution in [0.3, 0.4) is 0 Å². The van der Waals surface area contributed by atoms with Crippen LogP contribution in [0.15, 0.2) is 6.07 Å². The molecule has 2 fully saturated rings. The summed E-state index contributed by atoms with van der Waals surface area (Å²) in [6, 6.07) is 2.02. The highest BCUT2D eigenvalue weighted by Gasteiger charge is 2.43. The number of hydrogen-bond acceptors (Lipinski definition) is 4. The Balaban J connectivity index is 1.59. The molecule has 3 heterocycles. The van der Waals surface area contributed by atoms with E-state index in [-0.39, 0.29) is 17.6 Å². The number of hydrogen-bond donors (Lipinski definition) is 0. The molecule has 1 atom stereocenters. The van der Waals surface area contributed by atoms with Crippen molar-refractivity contribution in [3.05, 3.63) is 21.4 Å². The van der Waals surface area contributed by atoms with Crippen molar-refractivity contribution in [2.24, 2.45) is 0 Å². The summed E-state index contributed by atoms with van der Waals surface area (Å²) in [7, 11) is 0. The fourth-order valence-electron chi connectivity index (χ4n) is 3.45. The minimum Gasteiger partial charge on any atom is -0.376 e. The highest BCUT2D eigenvalue weighted by molar-refractivity contribution is 7.14. The number of ether oxygens (including phenoxy) is 2. The second-order valence-electron chi connectivity index (χ2n) is 6.42. The van der Waals surface area contributed by atoms with E-state index < -0.39 is 0 Å². The molecule has 3 rings (SSSR count). The van der Waals surface area contributed by atoms with Gasteiger partial charge < -0.3 is 14.4 Å². The molecule has 0 radical (unpaired) electrons. The molecule has 1 aromatic rings. The zero-order chi connectivity index (χ0) is 15.7. The lowest BCUT2D eigenvalue weighted by Crippen LogP contribution is -2.46. The number of carbonyl (C=O) groups excluding carboxylic acids is 1. The topological polar surface area (TPSA) is 38.8 Å². The minimum atomic E-state index is -0.0576. The summed E-state index contributed by atoms with van der Waals surface area (Å²) in [5.41, 5.74) is 1.15. The molecule has 2 saturated heterocycles. The van der Waals surface area contributed by atoms with Crippen LogP contribution in [0.5, 0.6) is 0 Å². The average Bonchev–Trinajstić information content (AvgIpc) is 3.04. The summed E-state index contributed by atoms with van der Waals surface area (Å²) in [6.45, 7) is 9.17. The molecule has 0 aliphatic carbocycles. The number of nitrogens with zero attached hydrogens (tertiary/aromatic N) is 1. The van der Waals surface area contributed by atoms with Crippen molar-refractivity contribution in [2.75, 3.05) is 26.3 Å². The van der Waals surface area contributed by atoms with E-state index >= 15 is 0 Å². The van der Waals surface area contributed by atoms with E-state index in [1.165, 1.54) is 10.4 Å². The minimum absolute atomic E-state index is 0.0576. The number of likely N-dealkylation sites (tertiary alicyclic amines) is 1. The highest BCUT2D eigenvalue weighted by Crippen LogP contribution is 2.37. The smallest absolute Gasteiger partial charge is 0.263 e. The first-order chi connectivity index (χ1) is 10.5. The largest absolute Gasteiger partial charge is 0.376 e. The molecular weight excluding hydrogens is 298 g/mol. The van der Waals surface area contributed by atoms with Gasteiger partial charge in [0.2, 0.25) is 0 Å². The predicted molar refractivity (Wildman–Crippen MR) is 87.6 cm³/mol. The summed E-state index contributed by atoms with van der Waals surface area (Å²) in [5.74, 6) is 0.176. The molecule has 1 amide bonds. The van der Waals surface area contributed by atoms with E-state index in [2.05, 4.69) is 13.8 Å². The summed E-state index contributed by atoms with van der Waals surface area (Å²) in [4.78, 5) is 16.7. The van der Waals surface area contributed by atoms with Crippen LogP contribution in [0.25, 0.3) is 0 Å². The number of rotatable bonds is 3. The second-order valence-corrected chi connectivity index (χ2v) is 7.67. The molecule has 22 heavy (non-hydrogen) atoms. The zero-order valence-electron chi connectivity index (χ0n) is 13.7. The molecule has 0 saturated carbocycles. The van der Waals surface area contributed by atoms with Crippen LogP contribution in [-0.4, -0.2) is 48.8 Å². The molecule has 122 valence electrons. The monoisotopic (exact) mass is 323 g/mol. The van der Waals surface area contributed by atoms with Gasteiger partial charge in [-0.25, -0.2) is 0 Å². The Morgan fingerprint density at radius 2 is 2.18 bits per heavy atom. The summed E-state index contributed by atoms with van der Waals surface area (Å²) in [5, 5.41) is 0. The Kier molecular flexibility index (Phi) is 4.57. The molecule has 0 N–H and O–H groups in total. The van der Waals surface area contributed by atoms with Gasteiger partial charge in [-0.05, 0) is 45.2 Å². The van der Waals surface area contributed by atoms with Gasteiger partial charge >= 0.3 is 0 Å². The standard InChI is InChI=1S/C17H25NO3S/c1-4-20-14-10-17(21-11-14)5-7-18(8-6-17)16(19)15-9-12(2)13(3)22-15/h9,14H,4-8,10-11H2,1-3H3. The zero-order valence-corrected chi connectivity index (χ0v) is 14.5. The van der Waals surface area contributed by atoms with Crippen LogP contribution in [0.4, 0.5) is 0 Å². The quantitative estimate of drug-likeness (QED) is 0.857. The molecule has 2 aliphatic rings. The molecule has 2 aliphatic heterocycles. The third-order valence-corrected chi connectivity index (χ3v) is 6.06. The van der Waals surface area contributed by atoms with E-state index in [1.807, 2.05) is 17.9 Å². The SMILES string of the molecule is CCOC1COC2(CCN(C(=O)c3cc(C)c(C)s3)CC2)C1. The number of carbonyl (C=O) groups is 1. The van der Waals surface area contributed by atoms with Crippen molar-refractivity contribution in [3.8, 4) is 0 Å². The molecule has 4 nitrogen and oxygen atoms in total. The van der Waals surface area contributed by atoms with Crippen molar-refractivity contribution < 1.29 is 14.3 Å². The number of aryl methyl sites for hydroxylation is 2. The Morgan fingerprint density at radius 1 is 1.45 bits per heavy atom. The van der Waals surface area contributed by atoms with Crippen LogP contribution < -0.4 is 0 Å². The maximum absolute atomic E-state index is 12.6. The van der Waals surface area contributed by atoms with Gasteiger partial charge in [0, 0.05) is 31.0 Å². The van der Waals surface area contributed by atoms with Gasteiger partial charge in [-0.15, -0.1) is 11.3 Å². The first-order valence-corrected chi connectivity index (χ1v) is 8.96. The van der Waals surface area contributed by atoms with Crippen LogP contribution in [0.2, 0.25) is 0 Å². The Bertz CT molecular complexity index is 527. The Hall–Kier alpha value is -0.910. The third kappa shape index (κ3) is 3.07. The van der Waals surface area contributed by atoms with E-state index in [4.69, 9.17) is 9.47 Å². The van der Waals surface area contributed by atoms with E-state index in [1.54, 1.807) is 11.3 Å². The number of amides is 1. The molecule has 0 bridgehead atoms. The van der Waals surface area contributed by atoms with Crippen molar-refractivity contribution in [1.82, 2.24) is 4.90 Å². The van der Waals surface area contributed by atoms with Crippen molar-refractivity contribution >= 4 is 17.2 Å². The lowest BCUT2D eigenvalue weighted by atomic mass is 9.88. The number of piperidine rings is 1. The maximum Gasteiger partial charge on any atom is 0.263 e. The molecular formula is C17H25NO3S. The second kappa shape index (κ2) is 6.30. The van der Waals surface area contributed by atoms with Crippen molar-refractivity contribution in [1.29, 1.82) is 0 Å². The normalized spacial score (nSPS) is 24.1. The van der Waals surface area contributed by atoms with Crippen LogP contribution >= 0.6 is 11.3 Å². The van der Waals surface area contributed by atoms with E-state index in [0.29, 0.717) is 6.61 Å². The first-order valence-electron chi connectivity index (χ1n) is 8.15. The van der Waals surface area contributed by atoms with Gasteiger partial charge in [0.25, 0.3) is 5.91 Å². The Morgan fingerprint density at radius 3 is 2.77 bits per heavy atom. The summed E-state index contributed by atoms with van der Waals surface area (Å²) < 4.78 is 11.7. The molecule has 1 unspecified atom stereocenters. The van der Waals surface area contributed by atoms with Crippen LogP contribution in [0.1, 0.15) is 46.3 Å². The Labute approximate surface area is 136 Å². The van der Waals surface area contributed by atoms with Gasteiger partial charge in [0.05, 0.1) is 23.2 Å². The lowest BCUT2D eigenvalue weighted by Gasteiger charge is -2.38. The van der Waals surface area contributed by atoms with E-state index in [9.17, 15) is 4.79 Å². The molecule has 1 spiro atoms. The van der Waals surface area contributed by atoms with Gasteiger partial charge in [-0.2, -0.15) is 0 Å². The number of thiophene rings is 1. The van der Waals surface area contributed by atoms with Gasteiger partial charge in [-0.1, -0.05) is 0 Å². The maximum atomic E-state index is 12.6. The molecule has 1 aromatic heterocycles. The van der Waals surface area contributed by atoms with Crippen LogP contribution in [-0.2, 0) is 9.47 Å². The predicted octanol–water partition coefficient (Wildman–Crippen LogP) is 3.17. The third-order valence-electron chi connectivity index (χ3n) is 4.92.